The third-order valence-electron chi connectivity index (χ3n) is 6.20. The first-order valence-electron chi connectivity index (χ1n) is 12.0. The summed E-state index contributed by atoms with van der Waals surface area (Å²) in [6.45, 7) is 6.76. The van der Waals surface area contributed by atoms with Gasteiger partial charge in [0.25, 0.3) is 0 Å². The third kappa shape index (κ3) is 5.08. The average Bonchev–Trinajstić information content (AvgIpc) is 3.52. The molecule has 2 aromatic heterocycles. The van der Waals surface area contributed by atoms with E-state index in [1.54, 1.807) is 13.1 Å². The highest BCUT2D eigenvalue weighted by Crippen LogP contribution is 2.28. The molecule has 2 heterocycles. The highest BCUT2D eigenvalue weighted by atomic mass is 35.5. The van der Waals surface area contributed by atoms with E-state index < -0.39 is 0 Å². The highest BCUT2D eigenvalue weighted by molar-refractivity contribution is 6.31. The smallest absolute Gasteiger partial charge is 0.338 e. The zero-order valence-corrected chi connectivity index (χ0v) is 21.6. The van der Waals surface area contributed by atoms with Crippen molar-refractivity contribution in [1.82, 2.24) is 14.5 Å². The van der Waals surface area contributed by atoms with Gasteiger partial charge in [0.15, 0.2) is 0 Å². The fourth-order valence-corrected chi connectivity index (χ4v) is 4.60. The number of hydrogen-bond acceptors (Lipinski definition) is 6. The van der Waals surface area contributed by atoms with Crippen LogP contribution in [-0.4, -0.2) is 27.1 Å². The Morgan fingerprint density at radius 2 is 1.95 bits per heavy atom. The number of imidazole rings is 1. The molecule has 0 unspecified atom stereocenters. The van der Waals surface area contributed by atoms with Crippen LogP contribution in [0.2, 0.25) is 5.02 Å². The molecule has 0 amide bonds. The van der Waals surface area contributed by atoms with E-state index in [1.165, 1.54) is 6.26 Å². The van der Waals surface area contributed by atoms with Crippen LogP contribution in [0.25, 0.3) is 22.5 Å². The second kappa shape index (κ2) is 10.5. The fraction of sp³-hybridized carbons (Fsp3) is 0.207. The van der Waals surface area contributed by atoms with Crippen LogP contribution >= 0.6 is 11.6 Å². The number of fused-ring (bicyclic) bond motifs is 1. The van der Waals surface area contributed by atoms with Gasteiger partial charge in [-0.05, 0) is 56.2 Å². The first kappa shape index (κ1) is 24.6. The quantitative estimate of drug-likeness (QED) is 0.212. The topological polar surface area (TPSA) is 79.4 Å². The van der Waals surface area contributed by atoms with Crippen molar-refractivity contribution in [2.45, 2.75) is 33.9 Å². The SMILES string of the molecule is CCOC(=O)c1c(C)cccc1COc1ccc2nc(C)n(Cc3ccc(-c4ncco4)cc3Cl)c2c1. The lowest BCUT2D eigenvalue weighted by Gasteiger charge is -2.13. The van der Waals surface area contributed by atoms with E-state index in [0.717, 1.165) is 39.1 Å². The zero-order valence-electron chi connectivity index (χ0n) is 20.8. The standard InChI is InChI=1S/C29H26ClN3O4/c1-4-35-29(34)27-18(2)6-5-7-22(27)17-37-23-10-11-25-26(15-23)33(19(3)32-25)16-21-9-8-20(14-24(21)30)28-31-12-13-36-28/h5-15H,4,16-17H2,1-3H3. The number of aromatic nitrogens is 3. The van der Waals surface area contributed by atoms with Gasteiger partial charge < -0.3 is 18.5 Å². The molecule has 5 aromatic rings. The van der Waals surface area contributed by atoms with E-state index in [4.69, 9.17) is 30.5 Å². The van der Waals surface area contributed by atoms with Crippen LogP contribution in [0.4, 0.5) is 0 Å². The minimum Gasteiger partial charge on any atom is -0.489 e. The molecule has 0 saturated carbocycles. The maximum absolute atomic E-state index is 12.5. The lowest BCUT2D eigenvalue weighted by atomic mass is 10.0. The first-order valence-corrected chi connectivity index (χ1v) is 12.4. The molecule has 0 aliphatic carbocycles. The number of nitrogens with zero attached hydrogens (tertiary/aromatic N) is 3. The normalized spacial score (nSPS) is 11.1. The van der Waals surface area contributed by atoms with Gasteiger partial charge in [-0.1, -0.05) is 35.9 Å². The van der Waals surface area contributed by atoms with Crippen molar-refractivity contribution in [2.75, 3.05) is 6.61 Å². The number of rotatable bonds is 8. The number of hydrogen-bond donors (Lipinski definition) is 0. The number of benzene rings is 3. The average molecular weight is 516 g/mol. The van der Waals surface area contributed by atoms with Gasteiger partial charge in [0.1, 0.15) is 24.4 Å². The third-order valence-corrected chi connectivity index (χ3v) is 6.56. The number of carbonyl (C=O) groups is 1. The number of carbonyl (C=O) groups excluding carboxylic acids is 1. The van der Waals surface area contributed by atoms with Crippen molar-refractivity contribution >= 4 is 28.6 Å². The van der Waals surface area contributed by atoms with Crippen LogP contribution in [0.5, 0.6) is 5.75 Å². The van der Waals surface area contributed by atoms with E-state index >= 15 is 0 Å². The van der Waals surface area contributed by atoms with Gasteiger partial charge in [0.05, 0.1) is 35.9 Å². The van der Waals surface area contributed by atoms with Crippen molar-refractivity contribution in [3.8, 4) is 17.2 Å². The van der Waals surface area contributed by atoms with Gasteiger partial charge in [-0.15, -0.1) is 0 Å². The summed E-state index contributed by atoms with van der Waals surface area (Å²) in [5.74, 6) is 1.73. The maximum atomic E-state index is 12.5. The molecule has 0 spiro atoms. The van der Waals surface area contributed by atoms with Gasteiger partial charge in [-0.3, -0.25) is 0 Å². The van der Waals surface area contributed by atoms with Crippen molar-refractivity contribution in [3.05, 3.63) is 100 Å². The second-order valence-electron chi connectivity index (χ2n) is 8.66. The van der Waals surface area contributed by atoms with Gasteiger partial charge >= 0.3 is 5.97 Å². The van der Waals surface area contributed by atoms with Crippen LogP contribution in [0.3, 0.4) is 0 Å². The number of esters is 1. The predicted molar refractivity (Wildman–Crippen MR) is 142 cm³/mol. The Bertz CT molecular complexity index is 1570. The van der Waals surface area contributed by atoms with Crippen molar-refractivity contribution in [1.29, 1.82) is 0 Å². The van der Waals surface area contributed by atoms with Crippen LogP contribution in [0.1, 0.15) is 39.8 Å². The molecule has 0 aliphatic heterocycles. The van der Waals surface area contributed by atoms with E-state index in [2.05, 4.69) is 9.55 Å². The largest absolute Gasteiger partial charge is 0.489 e. The van der Waals surface area contributed by atoms with Crippen molar-refractivity contribution in [2.24, 2.45) is 0 Å². The Hall–Kier alpha value is -4.10. The minimum atomic E-state index is -0.339. The number of aryl methyl sites for hydroxylation is 2. The first-order chi connectivity index (χ1) is 17.9. The molecule has 0 N–H and O–H groups in total. The molecule has 7 nitrogen and oxygen atoms in total. The van der Waals surface area contributed by atoms with E-state index in [-0.39, 0.29) is 12.6 Å². The Morgan fingerprint density at radius 1 is 1.08 bits per heavy atom. The summed E-state index contributed by atoms with van der Waals surface area (Å²) in [7, 11) is 0. The molecule has 0 aliphatic rings. The molecule has 8 heteroatoms. The Balaban J connectivity index is 1.40. The summed E-state index contributed by atoms with van der Waals surface area (Å²) in [6, 6.07) is 17.2. The molecule has 5 rings (SSSR count). The molecular weight excluding hydrogens is 490 g/mol. The molecule has 0 radical (unpaired) electrons. The summed E-state index contributed by atoms with van der Waals surface area (Å²) >= 11 is 6.63. The van der Waals surface area contributed by atoms with Crippen LogP contribution in [-0.2, 0) is 17.9 Å². The van der Waals surface area contributed by atoms with Gasteiger partial charge in [0.2, 0.25) is 5.89 Å². The lowest BCUT2D eigenvalue weighted by Crippen LogP contribution is -2.12. The molecule has 0 saturated heterocycles. The summed E-state index contributed by atoms with van der Waals surface area (Å²) in [5.41, 5.74) is 5.74. The molecule has 0 bridgehead atoms. The Morgan fingerprint density at radius 3 is 2.70 bits per heavy atom. The van der Waals surface area contributed by atoms with Gasteiger partial charge in [-0.25, -0.2) is 14.8 Å². The monoisotopic (exact) mass is 515 g/mol. The van der Waals surface area contributed by atoms with Crippen LogP contribution in [0.15, 0.2) is 71.5 Å². The van der Waals surface area contributed by atoms with Gasteiger partial charge in [-0.2, -0.15) is 0 Å². The molecule has 0 fully saturated rings. The number of halogens is 1. The summed E-state index contributed by atoms with van der Waals surface area (Å²) in [6.07, 6.45) is 3.14. The van der Waals surface area contributed by atoms with Crippen LogP contribution < -0.4 is 4.74 Å². The molecule has 188 valence electrons. The molecular formula is C29H26ClN3O4. The van der Waals surface area contributed by atoms with Crippen molar-refractivity contribution in [3.63, 3.8) is 0 Å². The van der Waals surface area contributed by atoms with E-state index in [1.807, 2.05) is 68.4 Å². The Kier molecular flexibility index (Phi) is 6.97. The van der Waals surface area contributed by atoms with E-state index in [9.17, 15) is 4.79 Å². The van der Waals surface area contributed by atoms with Gasteiger partial charge in [0, 0.05) is 22.2 Å². The van der Waals surface area contributed by atoms with Crippen molar-refractivity contribution < 1.29 is 18.7 Å². The minimum absolute atomic E-state index is 0.239. The lowest BCUT2D eigenvalue weighted by molar-refractivity contribution is 0.0522. The number of oxazole rings is 1. The summed E-state index contributed by atoms with van der Waals surface area (Å²) in [5, 5.41) is 0.621. The zero-order chi connectivity index (χ0) is 25.9. The van der Waals surface area contributed by atoms with E-state index in [0.29, 0.717) is 35.4 Å². The van der Waals surface area contributed by atoms with Crippen LogP contribution in [0, 0.1) is 13.8 Å². The molecule has 37 heavy (non-hydrogen) atoms. The summed E-state index contributed by atoms with van der Waals surface area (Å²) in [4.78, 5) is 21.4. The summed E-state index contributed by atoms with van der Waals surface area (Å²) < 4.78 is 18.9. The predicted octanol–water partition coefficient (Wildman–Crippen LogP) is 6.77. The fourth-order valence-electron chi connectivity index (χ4n) is 4.36. The molecule has 0 atom stereocenters. The second-order valence-corrected chi connectivity index (χ2v) is 9.06. The maximum Gasteiger partial charge on any atom is 0.338 e. The Labute approximate surface area is 219 Å². The molecule has 3 aromatic carbocycles. The highest BCUT2D eigenvalue weighted by Gasteiger charge is 2.17. The number of ether oxygens (including phenoxy) is 2.